The molecular weight excluding hydrogens is 407 g/mol. The van der Waals surface area contributed by atoms with E-state index in [-0.39, 0.29) is 22.7 Å². The van der Waals surface area contributed by atoms with Gasteiger partial charge in [0.05, 0.1) is 17.0 Å². The molecule has 0 atom stereocenters. The molecule has 4 rings (SSSR count). The van der Waals surface area contributed by atoms with Crippen LogP contribution < -0.4 is 0 Å². The van der Waals surface area contributed by atoms with Crippen LogP contribution in [-0.4, -0.2) is 39.0 Å². The van der Waals surface area contributed by atoms with Crippen molar-refractivity contribution < 1.29 is 21.6 Å². The van der Waals surface area contributed by atoms with Gasteiger partial charge in [0.1, 0.15) is 5.69 Å². The first kappa shape index (κ1) is 19.0. The summed E-state index contributed by atoms with van der Waals surface area (Å²) in [6, 6.07) is 7.81. The van der Waals surface area contributed by atoms with Crippen molar-refractivity contribution >= 4 is 15.6 Å². The zero-order chi connectivity index (χ0) is 20.8. The summed E-state index contributed by atoms with van der Waals surface area (Å²) in [6.45, 7) is 0. The zero-order valence-electron chi connectivity index (χ0n) is 14.8. The highest BCUT2D eigenvalue weighted by atomic mass is 32.2. The summed E-state index contributed by atoms with van der Waals surface area (Å²) in [5, 5.41) is -0.407. The fraction of sp³-hybridized carbons (Fsp3) is 0.111. The van der Waals surface area contributed by atoms with Gasteiger partial charge in [0.25, 0.3) is 0 Å². The predicted octanol–water partition coefficient (Wildman–Crippen LogP) is 3.28. The van der Waals surface area contributed by atoms with E-state index >= 15 is 0 Å². The topological polar surface area (TPSA) is 90.1 Å². The molecule has 0 spiro atoms. The second-order valence-corrected chi connectivity index (χ2v) is 8.08. The number of hydrogen-bond acceptors (Lipinski definition) is 6. The number of fused-ring (bicyclic) bond motifs is 1. The van der Waals surface area contributed by atoms with Crippen molar-refractivity contribution in [1.29, 1.82) is 0 Å². The maximum Gasteiger partial charge on any atom is 0.416 e. The number of halogens is 3. The maximum atomic E-state index is 13.2. The molecular formula is C18H12F3N5O2S. The first-order valence-electron chi connectivity index (χ1n) is 8.19. The number of rotatable bonds is 3. The highest BCUT2D eigenvalue weighted by molar-refractivity contribution is 7.90. The van der Waals surface area contributed by atoms with Gasteiger partial charge in [0.15, 0.2) is 0 Å². The van der Waals surface area contributed by atoms with Gasteiger partial charge in [0, 0.05) is 30.4 Å². The molecule has 1 aromatic carbocycles. The first-order valence-corrected chi connectivity index (χ1v) is 10.1. The van der Waals surface area contributed by atoms with Crippen LogP contribution >= 0.6 is 0 Å². The number of nitrogens with zero attached hydrogens (tertiary/aromatic N) is 5. The lowest BCUT2D eigenvalue weighted by Crippen LogP contribution is -2.05. The van der Waals surface area contributed by atoms with Crippen LogP contribution in [0, 0.1) is 0 Å². The molecule has 0 saturated carbocycles. The molecule has 7 nitrogen and oxygen atoms in total. The monoisotopic (exact) mass is 419 g/mol. The van der Waals surface area contributed by atoms with E-state index in [2.05, 4.69) is 19.9 Å². The Morgan fingerprint density at radius 3 is 2.52 bits per heavy atom. The average Bonchev–Trinajstić information content (AvgIpc) is 3.06. The fourth-order valence-corrected chi connectivity index (χ4v) is 3.35. The summed E-state index contributed by atoms with van der Waals surface area (Å²) in [6.07, 6.45) is 0.793. The number of hydrogen-bond donors (Lipinski definition) is 0. The lowest BCUT2D eigenvalue weighted by molar-refractivity contribution is -0.137. The molecule has 0 aliphatic carbocycles. The van der Waals surface area contributed by atoms with E-state index in [9.17, 15) is 21.6 Å². The van der Waals surface area contributed by atoms with E-state index in [1.807, 2.05) is 0 Å². The van der Waals surface area contributed by atoms with E-state index in [0.717, 1.165) is 18.4 Å². The smallest absolute Gasteiger partial charge is 0.283 e. The van der Waals surface area contributed by atoms with Gasteiger partial charge in [0.2, 0.25) is 20.8 Å². The highest BCUT2D eigenvalue weighted by Crippen LogP contribution is 2.35. The third-order valence-electron chi connectivity index (χ3n) is 4.07. The van der Waals surface area contributed by atoms with E-state index in [4.69, 9.17) is 0 Å². The molecule has 0 bridgehead atoms. The van der Waals surface area contributed by atoms with Crippen LogP contribution in [0.15, 0.2) is 60.1 Å². The highest BCUT2D eigenvalue weighted by Gasteiger charge is 2.31. The van der Waals surface area contributed by atoms with Crippen molar-refractivity contribution in [1.82, 2.24) is 24.3 Å². The first-order chi connectivity index (χ1) is 13.6. The molecule has 11 heteroatoms. The number of aromatic nitrogens is 5. The van der Waals surface area contributed by atoms with Crippen molar-refractivity contribution in [3.05, 3.63) is 60.6 Å². The molecule has 3 heterocycles. The summed E-state index contributed by atoms with van der Waals surface area (Å²) in [5.74, 6) is 0.231. The summed E-state index contributed by atoms with van der Waals surface area (Å²) < 4.78 is 64.8. The SMILES string of the molecule is CS(=O)(=O)c1nccc(-c2nc3ncccn3c2-c2cccc(C(F)(F)F)c2)n1. The Morgan fingerprint density at radius 1 is 1.00 bits per heavy atom. The van der Waals surface area contributed by atoms with Crippen LogP contribution in [0.25, 0.3) is 28.4 Å². The molecule has 3 aromatic heterocycles. The van der Waals surface area contributed by atoms with Crippen molar-refractivity contribution in [2.75, 3.05) is 6.26 Å². The van der Waals surface area contributed by atoms with Crippen LogP contribution in [0.1, 0.15) is 5.56 Å². The van der Waals surface area contributed by atoms with Gasteiger partial charge in [-0.1, -0.05) is 12.1 Å². The normalized spacial score (nSPS) is 12.4. The Morgan fingerprint density at radius 2 is 1.79 bits per heavy atom. The molecule has 148 valence electrons. The van der Waals surface area contributed by atoms with Crippen LogP contribution in [-0.2, 0) is 16.0 Å². The summed E-state index contributed by atoms with van der Waals surface area (Å²) in [7, 11) is -3.69. The van der Waals surface area contributed by atoms with Crippen molar-refractivity contribution in [2.45, 2.75) is 11.3 Å². The molecule has 4 aromatic rings. The van der Waals surface area contributed by atoms with Crippen LogP contribution in [0.4, 0.5) is 13.2 Å². The average molecular weight is 419 g/mol. The van der Waals surface area contributed by atoms with E-state index in [0.29, 0.717) is 5.69 Å². The Balaban J connectivity index is 2.01. The minimum Gasteiger partial charge on any atom is -0.283 e. The van der Waals surface area contributed by atoms with E-state index in [1.54, 1.807) is 12.3 Å². The van der Waals surface area contributed by atoms with Crippen LogP contribution in [0.3, 0.4) is 0 Å². The second kappa shape index (κ2) is 6.62. The summed E-state index contributed by atoms with van der Waals surface area (Å²) >= 11 is 0. The molecule has 0 N–H and O–H groups in total. The molecule has 0 aliphatic rings. The van der Waals surface area contributed by atoms with Gasteiger partial charge in [-0.05, 0) is 24.3 Å². The Bertz CT molecular complexity index is 1330. The van der Waals surface area contributed by atoms with Crippen molar-refractivity contribution in [3.63, 3.8) is 0 Å². The van der Waals surface area contributed by atoms with Crippen molar-refractivity contribution in [2.24, 2.45) is 0 Å². The largest absolute Gasteiger partial charge is 0.416 e. The fourth-order valence-electron chi connectivity index (χ4n) is 2.84. The summed E-state index contributed by atoms with van der Waals surface area (Å²) in [5.41, 5.74) is 0.0557. The van der Waals surface area contributed by atoms with Gasteiger partial charge in [-0.15, -0.1) is 0 Å². The predicted molar refractivity (Wildman–Crippen MR) is 97.6 cm³/mol. The Labute approximate surface area is 162 Å². The minimum atomic E-state index is -4.52. The van der Waals surface area contributed by atoms with Gasteiger partial charge in [-0.2, -0.15) is 13.2 Å². The quantitative estimate of drug-likeness (QED) is 0.474. The van der Waals surface area contributed by atoms with Crippen molar-refractivity contribution in [3.8, 4) is 22.6 Å². The number of alkyl halides is 3. The standard InChI is InChI=1S/C18H12F3N5O2S/c1-29(27,28)17-23-8-6-13(24-17)14-15(26-9-3-7-22-16(26)25-14)11-4-2-5-12(10-11)18(19,20)21/h2-10H,1H3. The second-order valence-electron chi connectivity index (χ2n) is 6.17. The summed E-state index contributed by atoms with van der Waals surface area (Å²) in [4.78, 5) is 16.3. The molecule has 0 aliphatic heterocycles. The van der Waals surface area contributed by atoms with E-state index in [1.165, 1.54) is 35.0 Å². The Kier molecular flexibility index (Phi) is 4.34. The van der Waals surface area contributed by atoms with E-state index < -0.39 is 26.7 Å². The van der Waals surface area contributed by atoms with Gasteiger partial charge < -0.3 is 0 Å². The molecule has 0 unspecified atom stereocenters. The van der Waals surface area contributed by atoms with Gasteiger partial charge in [-0.25, -0.2) is 28.4 Å². The van der Waals surface area contributed by atoms with Gasteiger partial charge in [-0.3, -0.25) is 4.40 Å². The molecule has 0 fully saturated rings. The number of imidazole rings is 1. The maximum absolute atomic E-state index is 13.2. The van der Waals surface area contributed by atoms with Crippen LogP contribution in [0.2, 0.25) is 0 Å². The molecule has 0 radical (unpaired) electrons. The number of benzene rings is 1. The molecule has 0 amide bonds. The Hall–Kier alpha value is -3.34. The van der Waals surface area contributed by atoms with Gasteiger partial charge >= 0.3 is 6.18 Å². The molecule has 29 heavy (non-hydrogen) atoms. The third-order valence-corrected chi connectivity index (χ3v) is 4.93. The minimum absolute atomic E-state index is 0.151. The van der Waals surface area contributed by atoms with Crippen LogP contribution in [0.5, 0.6) is 0 Å². The third kappa shape index (κ3) is 3.56. The lowest BCUT2D eigenvalue weighted by atomic mass is 10.0. The number of sulfone groups is 1. The zero-order valence-corrected chi connectivity index (χ0v) is 15.6. The lowest BCUT2D eigenvalue weighted by Gasteiger charge is -2.10. The molecule has 0 saturated heterocycles.